The number of imide groups is 1. The summed E-state index contributed by atoms with van der Waals surface area (Å²) in [5.74, 6) is -0.344. The Hall–Kier alpha value is -2.17. The second kappa shape index (κ2) is 6.04. The average Bonchev–Trinajstić information content (AvgIpc) is 2.78. The molecule has 2 fully saturated rings. The number of ketones is 1. The quantitative estimate of drug-likeness (QED) is 0.685. The van der Waals surface area contributed by atoms with Gasteiger partial charge in [0.1, 0.15) is 5.54 Å². The molecule has 1 spiro atoms. The third-order valence-electron chi connectivity index (χ3n) is 5.63. The molecule has 2 unspecified atom stereocenters. The number of hydrogen-bond acceptors (Lipinski definition) is 3. The third-order valence-corrected chi connectivity index (χ3v) is 5.63. The monoisotopic (exact) mass is 328 g/mol. The number of benzene rings is 1. The number of hydrogen-bond donors (Lipinski definition) is 1. The van der Waals surface area contributed by atoms with Crippen molar-refractivity contribution in [2.45, 2.75) is 52.0 Å². The van der Waals surface area contributed by atoms with Crippen LogP contribution in [0, 0.1) is 19.8 Å². The van der Waals surface area contributed by atoms with Crippen LogP contribution >= 0.6 is 0 Å². The van der Waals surface area contributed by atoms with Crippen LogP contribution in [-0.2, 0) is 4.79 Å². The molecule has 2 atom stereocenters. The summed E-state index contributed by atoms with van der Waals surface area (Å²) in [4.78, 5) is 38.8. The van der Waals surface area contributed by atoms with E-state index in [1.54, 1.807) is 6.07 Å². The summed E-state index contributed by atoms with van der Waals surface area (Å²) in [7, 11) is 0. The molecule has 0 radical (unpaired) electrons. The van der Waals surface area contributed by atoms with Gasteiger partial charge in [-0.3, -0.25) is 14.5 Å². The van der Waals surface area contributed by atoms with E-state index in [0.29, 0.717) is 12.0 Å². The second-order valence-corrected chi connectivity index (χ2v) is 7.16. The van der Waals surface area contributed by atoms with E-state index in [4.69, 9.17) is 0 Å². The number of carbonyl (C=O) groups is 3. The predicted octanol–water partition coefficient (Wildman–Crippen LogP) is 2.99. The smallest absolute Gasteiger partial charge is 0.323 e. The number of carbonyl (C=O) groups excluding carboxylic acids is 3. The van der Waals surface area contributed by atoms with Crippen LogP contribution in [0.4, 0.5) is 4.79 Å². The minimum atomic E-state index is -0.807. The fourth-order valence-electron chi connectivity index (χ4n) is 3.79. The number of nitrogens with one attached hydrogen (secondary N) is 1. The van der Waals surface area contributed by atoms with Gasteiger partial charge in [-0.2, -0.15) is 0 Å². The van der Waals surface area contributed by atoms with Crippen LogP contribution in [0.25, 0.3) is 0 Å². The molecular formula is C19H24N2O3. The zero-order chi connectivity index (χ0) is 17.5. The standard InChI is InChI=1S/C19H24N2O3/c1-12-7-8-15(10-13(12)2)16(22)11-21-17(23)19(20-18(21)24)9-5-4-6-14(19)3/h7-8,10,14H,4-6,9,11H2,1-3H3,(H,20,24). The van der Waals surface area contributed by atoms with Crippen LogP contribution in [0.15, 0.2) is 18.2 Å². The molecule has 1 saturated heterocycles. The molecular weight excluding hydrogens is 304 g/mol. The van der Waals surface area contributed by atoms with Crippen LogP contribution in [-0.4, -0.2) is 34.7 Å². The van der Waals surface area contributed by atoms with E-state index in [1.165, 1.54) is 0 Å². The molecule has 3 amide bonds. The molecule has 1 aromatic carbocycles. The van der Waals surface area contributed by atoms with Crippen molar-refractivity contribution >= 4 is 17.7 Å². The lowest BCUT2D eigenvalue weighted by molar-refractivity contribution is -0.133. The summed E-state index contributed by atoms with van der Waals surface area (Å²) in [6, 6.07) is 5.02. The first-order chi connectivity index (χ1) is 11.3. The molecule has 3 rings (SSSR count). The molecule has 0 aromatic heterocycles. The van der Waals surface area contributed by atoms with Gasteiger partial charge in [0.25, 0.3) is 5.91 Å². The number of rotatable bonds is 3. The van der Waals surface area contributed by atoms with Crippen molar-refractivity contribution in [1.29, 1.82) is 0 Å². The van der Waals surface area contributed by atoms with Gasteiger partial charge in [-0.05, 0) is 49.8 Å². The minimum Gasteiger partial charge on any atom is -0.323 e. The first-order valence-electron chi connectivity index (χ1n) is 8.60. The molecule has 2 aliphatic rings. The Kier molecular flexibility index (Phi) is 4.20. The molecule has 5 heteroatoms. The third kappa shape index (κ3) is 2.62. The Bertz CT molecular complexity index is 713. The van der Waals surface area contributed by atoms with Crippen molar-refractivity contribution < 1.29 is 14.4 Å². The van der Waals surface area contributed by atoms with Gasteiger partial charge in [-0.1, -0.05) is 31.9 Å². The lowest BCUT2D eigenvalue weighted by Crippen LogP contribution is -2.54. The summed E-state index contributed by atoms with van der Waals surface area (Å²) in [5, 5.41) is 2.88. The largest absolute Gasteiger partial charge is 0.325 e. The van der Waals surface area contributed by atoms with Crippen LogP contribution in [0.3, 0.4) is 0 Å². The van der Waals surface area contributed by atoms with Crippen molar-refractivity contribution in [2.24, 2.45) is 5.92 Å². The van der Waals surface area contributed by atoms with E-state index < -0.39 is 11.6 Å². The van der Waals surface area contributed by atoms with Gasteiger partial charge in [-0.25, -0.2) is 4.79 Å². The SMILES string of the molecule is Cc1ccc(C(=O)CN2C(=O)NC3(CCCCC3C)C2=O)cc1C. The maximum absolute atomic E-state index is 12.9. The Morgan fingerprint density at radius 2 is 2.00 bits per heavy atom. The molecule has 1 N–H and O–H groups in total. The Labute approximate surface area is 142 Å². The van der Waals surface area contributed by atoms with Crippen LogP contribution in [0.1, 0.15) is 54.1 Å². The normalized spacial score (nSPS) is 26.8. The number of aryl methyl sites for hydroxylation is 2. The Morgan fingerprint density at radius 3 is 2.67 bits per heavy atom. The summed E-state index contributed by atoms with van der Waals surface area (Å²) >= 11 is 0. The number of amides is 3. The molecule has 1 saturated carbocycles. The average molecular weight is 328 g/mol. The fraction of sp³-hybridized carbons (Fsp3) is 0.526. The van der Waals surface area contributed by atoms with Gasteiger partial charge >= 0.3 is 6.03 Å². The molecule has 1 heterocycles. The van der Waals surface area contributed by atoms with Crippen LogP contribution in [0.5, 0.6) is 0 Å². The topological polar surface area (TPSA) is 66.5 Å². The highest BCUT2D eigenvalue weighted by atomic mass is 16.2. The van der Waals surface area contributed by atoms with Crippen LogP contribution in [0.2, 0.25) is 0 Å². The lowest BCUT2D eigenvalue weighted by Gasteiger charge is -2.36. The van der Waals surface area contributed by atoms with Crippen molar-refractivity contribution in [2.75, 3.05) is 6.54 Å². The first-order valence-corrected chi connectivity index (χ1v) is 8.60. The van der Waals surface area contributed by atoms with Gasteiger partial charge in [0, 0.05) is 5.56 Å². The van der Waals surface area contributed by atoms with E-state index in [0.717, 1.165) is 35.3 Å². The van der Waals surface area contributed by atoms with Gasteiger partial charge in [0.2, 0.25) is 0 Å². The fourth-order valence-corrected chi connectivity index (χ4v) is 3.79. The zero-order valence-electron chi connectivity index (χ0n) is 14.5. The summed E-state index contributed by atoms with van der Waals surface area (Å²) in [6.07, 6.45) is 3.58. The summed E-state index contributed by atoms with van der Waals surface area (Å²) < 4.78 is 0. The summed E-state index contributed by atoms with van der Waals surface area (Å²) in [5.41, 5.74) is 1.86. The van der Waals surface area contributed by atoms with Crippen molar-refractivity contribution in [3.63, 3.8) is 0 Å². The Balaban J connectivity index is 1.80. The number of Topliss-reactive ketones (excluding diaryl/α,β-unsaturated/α-hetero) is 1. The predicted molar refractivity (Wildman–Crippen MR) is 90.9 cm³/mol. The molecule has 1 aliphatic carbocycles. The van der Waals surface area contributed by atoms with Gasteiger partial charge < -0.3 is 5.32 Å². The Morgan fingerprint density at radius 1 is 1.25 bits per heavy atom. The molecule has 0 bridgehead atoms. The minimum absolute atomic E-state index is 0.101. The molecule has 1 aromatic rings. The number of nitrogens with zero attached hydrogens (tertiary/aromatic N) is 1. The molecule has 128 valence electrons. The molecule has 24 heavy (non-hydrogen) atoms. The van der Waals surface area contributed by atoms with Gasteiger partial charge in [0.15, 0.2) is 5.78 Å². The highest BCUT2D eigenvalue weighted by Crippen LogP contribution is 2.38. The lowest BCUT2D eigenvalue weighted by atomic mass is 9.73. The van der Waals surface area contributed by atoms with E-state index in [1.807, 2.05) is 32.9 Å². The van der Waals surface area contributed by atoms with E-state index >= 15 is 0 Å². The van der Waals surface area contributed by atoms with E-state index in [2.05, 4.69) is 5.32 Å². The van der Waals surface area contributed by atoms with E-state index in [9.17, 15) is 14.4 Å². The highest BCUT2D eigenvalue weighted by molar-refractivity contribution is 6.11. The first kappa shape index (κ1) is 16.7. The zero-order valence-corrected chi connectivity index (χ0v) is 14.5. The van der Waals surface area contributed by atoms with Crippen LogP contribution < -0.4 is 5.32 Å². The molecule has 5 nitrogen and oxygen atoms in total. The van der Waals surface area contributed by atoms with Gasteiger partial charge in [-0.15, -0.1) is 0 Å². The van der Waals surface area contributed by atoms with Crippen molar-refractivity contribution in [3.05, 3.63) is 34.9 Å². The maximum Gasteiger partial charge on any atom is 0.325 e. The van der Waals surface area contributed by atoms with Gasteiger partial charge in [0.05, 0.1) is 6.54 Å². The van der Waals surface area contributed by atoms with Crippen molar-refractivity contribution in [1.82, 2.24) is 10.2 Å². The maximum atomic E-state index is 12.9. The summed E-state index contributed by atoms with van der Waals surface area (Å²) in [6.45, 7) is 5.74. The van der Waals surface area contributed by atoms with Crippen molar-refractivity contribution in [3.8, 4) is 0 Å². The highest BCUT2D eigenvalue weighted by Gasteiger charge is 2.55. The second-order valence-electron chi connectivity index (χ2n) is 7.16. The number of urea groups is 1. The van der Waals surface area contributed by atoms with E-state index in [-0.39, 0.29) is 24.2 Å². The molecule has 1 aliphatic heterocycles.